The zero-order chi connectivity index (χ0) is 14.5. The Morgan fingerprint density at radius 3 is 2.25 bits per heavy atom. The van der Waals surface area contributed by atoms with E-state index in [-0.39, 0.29) is 0 Å². The van der Waals surface area contributed by atoms with Crippen LogP contribution in [-0.4, -0.2) is 24.5 Å². The first-order valence-electron chi connectivity index (χ1n) is 8.14. The molecule has 0 radical (unpaired) electrons. The third kappa shape index (κ3) is 3.62. The monoisotopic (exact) mass is 274 g/mol. The average molecular weight is 274 g/mol. The summed E-state index contributed by atoms with van der Waals surface area (Å²) in [6, 6.07) is 9.92. The van der Waals surface area contributed by atoms with Crippen LogP contribution >= 0.6 is 0 Å². The molecule has 2 rings (SSSR count). The topological polar surface area (TPSA) is 29.3 Å². The summed E-state index contributed by atoms with van der Waals surface area (Å²) in [5, 5.41) is 0. The molecule has 1 saturated carbocycles. The Labute approximate surface area is 124 Å². The van der Waals surface area contributed by atoms with Crippen molar-refractivity contribution in [3.8, 4) is 0 Å². The number of aryl methyl sites for hydroxylation is 1. The van der Waals surface area contributed by atoms with Crippen LogP contribution in [0.4, 0.5) is 0 Å². The molecule has 0 bridgehead atoms. The van der Waals surface area contributed by atoms with E-state index in [0.29, 0.717) is 18.6 Å². The molecule has 1 aliphatic carbocycles. The minimum atomic E-state index is 0.360. The predicted octanol–water partition coefficient (Wildman–Crippen LogP) is 3.90. The molecular formula is C18H30N2. The Hall–Kier alpha value is -0.860. The van der Waals surface area contributed by atoms with Crippen LogP contribution < -0.4 is 5.73 Å². The highest BCUT2D eigenvalue weighted by Crippen LogP contribution is 2.32. The lowest BCUT2D eigenvalue weighted by atomic mass is 9.83. The molecule has 0 amide bonds. The fourth-order valence-corrected chi connectivity index (χ4v) is 3.54. The van der Waals surface area contributed by atoms with Crippen LogP contribution in [-0.2, 0) is 0 Å². The van der Waals surface area contributed by atoms with Crippen molar-refractivity contribution in [1.29, 1.82) is 0 Å². The van der Waals surface area contributed by atoms with Gasteiger partial charge in [0.15, 0.2) is 0 Å². The Morgan fingerprint density at radius 1 is 1.15 bits per heavy atom. The van der Waals surface area contributed by atoms with E-state index in [1.807, 2.05) is 0 Å². The molecule has 0 heterocycles. The molecule has 2 heteroatoms. The third-order valence-electron chi connectivity index (χ3n) is 5.15. The van der Waals surface area contributed by atoms with E-state index < -0.39 is 0 Å². The van der Waals surface area contributed by atoms with Gasteiger partial charge in [0, 0.05) is 18.6 Å². The fraction of sp³-hybridized carbons (Fsp3) is 0.667. The van der Waals surface area contributed by atoms with Gasteiger partial charge in [0.2, 0.25) is 0 Å². The summed E-state index contributed by atoms with van der Waals surface area (Å²) in [6.45, 7) is 5.16. The molecule has 0 saturated heterocycles. The Bertz CT molecular complexity index is 390. The molecule has 20 heavy (non-hydrogen) atoms. The second-order valence-electron chi connectivity index (χ2n) is 6.41. The van der Waals surface area contributed by atoms with Crippen LogP contribution in [0.1, 0.15) is 56.2 Å². The summed E-state index contributed by atoms with van der Waals surface area (Å²) >= 11 is 0. The van der Waals surface area contributed by atoms with Crippen molar-refractivity contribution >= 4 is 0 Å². The number of nitrogens with two attached hydrogens (primary N) is 1. The van der Waals surface area contributed by atoms with Gasteiger partial charge in [-0.15, -0.1) is 0 Å². The van der Waals surface area contributed by atoms with Crippen LogP contribution in [0.5, 0.6) is 0 Å². The van der Waals surface area contributed by atoms with Crippen molar-refractivity contribution in [2.24, 2.45) is 11.7 Å². The molecule has 1 aromatic rings. The molecule has 0 aliphatic heterocycles. The highest BCUT2D eigenvalue weighted by atomic mass is 15.2. The average Bonchev–Trinajstić information content (AvgIpc) is 2.50. The van der Waals surface area contributed by atoms with E-state index in [1.54, 1.807) is 0 Å². The second-order valence-corrected chi connectivity index (χ2v) is 6.41. The van der Waals surface area contributed by atoms with Gasteiger partial charge in [0.05, 0.1) is 0 Å². The van der Waals surface area contributed by atoms with Crippen LogP contribution in [0.2, 0.25) is 0 Å². The van der Waals surface area contributed by atoms with Crippen LogP contribution in [0.3, 0.4) is 0 Å². The Morgan fingerprint density at radius 2 is 1.75 bits per heavy atom. The summed E-state index contributed by atoms with van der Waals surface area (Å²) in [7, 11) is 2.26. The molecular weight excluding hydrogens is 244 g/mol. The second kappa shape index (κ2) is 7.24. The van der Waals surface area contributed by atoms with Crippen molar-refractivity contribution < 1.29 is 0 Å². The quantitative estimate of drug-likeness (QED) is 0.882. The maximum Gasteiger partial charge on any atom is 0.0470 e. The molecule has 1 fully saturated rings. The summed E-state index contributed by atoms with van der Waals surface area (Å²) in [4.78, 5) is 2.52. The SMILES string of the molecule is CCC1CCC(N(C)C(CN)c2ccc(C)cc2)CC1. The van der Waals surface area contributed by atoms with E-state index in [0.717, 1.165) is 5.92 Å². The van der Waals surface area contributed by atoms with Gasteiger partial charge < -0.3 is 5.73 Å². The third-order valence-corrected chi connectivity index (χ3v) is 5.15. The molecule has 1 unspecified atom stereocenters. The predicted molar refractivity (Wildman–Crippen MR) is 86.8 cm³/mol. The first kappa shape index (κ1) is 15.5. The van der Waals surface area contributed by atoms with E-state index in [4.69, 9.17) is 5.73 Å². The van der Waals surface area contributed by atoms with Gasteiger partial charge in [-0.1, -0.05) is 43.2 Å². The zero-order valence-electron chi connectivity index (χ0n) is 13.3. The van der Waals surface area contributed by atoms with Gasteiger partial charge in [0.25, 0.3) is 0 Å². The lowest BCUT2D eigenvalue weighted by Gasteiger charge is -2.39. The number of likely N-dealkylation sites (N-methyl/N-ethyl adjacent to an activating group) is 1. The van der Waals surface area contributed by atoms with Crippen molar-refractivity contribution in [2.75, 3.05) is 13.6 Å². The van der Waals surface area contributed by atoms with Gasteiger partial charge in [-0.3, -0.25) is 4.90 Å². The molecule has 1 aromatic carbocycles. The number of nitrogens with zero attached hydrogens (tertiary/aromatic N) is 1. The fourth-order valence-electron chi connectivity index (χ4n) is 3.54. The zero-order valence-corrected chi connectivity index (χ0v) is 13.3. The summed E-state index contributed by atoms with van der Waals surface area (Å²) in [6.07, 6.45) is 6.77. The van der Waals surface area contributed by atoms with Crippen molar-refractivity contribution in [2.45, 2.75) is 58.0 Å². The van der Waals surface area contributed by atoms with Gasteiger partial charge in [-0.2, -0.15) is 0 Å². The number of benzene rings is 1. The van der Waals surface area contributed by atoms with E-state index in [9.17, 15) is 0 Å². The normalized spacial score (nSPS) is 24.9. The van der Waals surface area contributed by atoms with Gasteiger partial charge >= 0.3 is 0 Å². The molecule has 0 spiro atoms. The van der Waals surface area contributed by atoms with Gasteiger partial charge in [0.1, 0.15) is 0 Å². The Balaban J connectivity index is 2.02. The minimum absolute atomic E-state index is 0.360. The lowest BCUT2D eigenvalue weighted by Crippen LogP contribution is -2.40. The van der Waals surface area contributed by atoms with E-state index in [1.165, 1.54) is 43.2 Å². The van der Waals surface area contributed by atoms with Crippen LogP contribution in [0.15, 0.2) is 24.3 Å². The summed E-state index contributed by atoms with van der Waals surface area (Å²) in [5.41, 5.74) is 8.74. The standard InChI is InChI=1S/C18H30N2/c1-4-15-7-11-17(12-8-15)20(3)18(13-19)16-9-5-14(2)6-10-16/h5-6,9-10,15,17-18H,4,7-8,11-13,19H2,1-3H3. The maximum atomic E-state index is 6.06. The van der Waals surface area contributed by atoms with Crippen molar-refractivity contribution in [3.63, 3.8) is 0 Å². The summed E-state index contributed by atoms with van der Waals surface area (Å²) < 4.78 is 0. The number of rotatable bonds is 5. The van der Waals surface area contributed by atoms with E-state index >= 15 is 0 Å². The first-order chi connectivity index (χ1) is 9.65. The maximum absolute atomic E-state index is 6.06. The highest BCUT2D eigenvalue weighted by Gasteiger charge is 2.27. The summed E-state index contributed by atoms with van der Waals surface area (Å²) in [5.74, 6) is 0.954. The minimum Gasteiger partial charge on any atom is -0.329 e. The molecule has 112 valence electrons. The van der Waals surface area contributed by atoms with Gasteiger partial charge in [-0.25, -0.2) is 0 Å². The number of hydrogen-bond acceptors (Lipinski definition) is 2. The molecule has 1 aliphatic rings. The van der Waals surface area contributed by atoms with Crippen molar-refractivity contribution in [3.05, 3.63) is 35.4 Å². The Kier molecular flexibility index (Phi) is 5.62. The largest absolute Gasteiger partial charge is 0.329 e. The first-order valence-corrected chi connectivity index (χ1v) is 8.14. The highest BCUT2D eigenvalue weighted by molar-refractivity contribution is 5.24. The molecule has 2 nitrogen and oxygen atoms in total. The number of hydrogen-bond donors (Lipinski definition) is 1. The van der Waals surface area contributed by atoms with Crippen molar-refractivity contribution in [1.82, 2.24) is 4.90 Å². The van der Waals surface area contributed by atoms with Crippen LogP contribution in [0, 0.1) is 12.8 Å². The molecule has 2 N–H and O–H groups in total. The molecule has 1 atom stereocenters. The lowest BCUT2D eigenvalue weighted by molar-refractivity contribution is 0.122. The van der Waals surface area contributed by atoms with E-state index in [2.05, 4.69) is 50.1 Å². The van der Waals surface area contributed by atoms with Crippen LogP contribution in [0.25, 0.3) is 0 Å². The van der Waals surface area contributed by atoms with Gasteiger partial charge in [-0.05, 0) is 51.1 Å². The smallest absolute Gasteiger partial charge is 0.0470 e. The molecule has 0 aromatic heterocycles.